The van der Waals surface area contributed by atoms with Gasteiger partial charge in [0.2, 0.25) is 6.41 Å². The predicted octanol–water partition coefficient (Wildman–Crippen LogP) is 4.13. The summed E-state index contributed by atoms with van der Waals surface area (Å²) in [7, 11) is -2.61. The molecule has 0 saturated carbocycles. The van der Waals surface area contributed by atoms with Gasteiger partial charge in [-0.3, -0.25) is 4.79 Å². The van der Waals surface area contributed by atoms with Gasteiger partial charge in [0, 0.05) is 6.54 Å². The van der Waals surface area contributed by atoms with Crippen LogP contribution >= 0.6 is 0 Å². The fourth-order valence-corrected chi connectivity index (χ4v) is 9.47. The summed E-state index contributed by atoms with van der Waals surface area (Å²) < 4.78 is 7.13. The van der Waals surface area contributed by atoms with Gasteiger partial charge in [0.1, 0.15) is 0 Å². The van der Waals surface area contributed by atoms with Crippen LogP contribution in [-0.4, -0.2) is 38.3 Å². The SMILES string of the molecule is C=CC[C@@]1(CO[Si](c2ccccc2)(c2ccccc2)C(C)(C)C)CCCN1C=O. The Balaban J connectivity index is 2.11. The Kier molecular flexibility index (Phi) is 6.44. The Labute approximate surface area is 176 Å². The quantitative estimate of drug-likeness (QED) is 0.374. The maximum atomic E-state index is 11.8. The predicted molar refractivity (Wildman–Crippen MR) is 123 cm³/mol. The molecule has 2 aromatic rings. The van der Waals surface area contributed by atoms with Crippen molar-refractivity contribution in [2.75, 3.05) is 13.2 Å². The summed E-state index contributed by atoms with van der Waals surface area (Å²) in [5, 5.41) is 2.46. The van der Waals surface area contributed by atoms with E-state index < -0.39 is 8.32 Å². The monoisotopic (exact) mass is 407 g/mol. The Morgan fingerprint density at radius 2 is 1.62 bits per heavy atom. The normalized spacial score (nSPS) is 19.9. The van der Waals surface area contributed by atoms with E-state index in [0.717, 1.165) is 32.2 Å². The molecule has 1 heterocycles. The summed E-state index contributed by atoms with van der Waals surface area (Å²) in [4.78, 5) is 13.7. The minimum absolute atomic E-state index is 0.0737. The Bertz CT molecular complexity index is 776. The first kappa shape index (κ1) is 21.5. The molecule has 1 amide bonds. The molecule has 0 N–H and O–H groups in total. The van der Waals surface area contributed by atoms with E-state index in [-0.39, 0.29) is 10.6 Å². The van der Waals surface area contributed by atoms with Crippen LogP contribution in [0.15, 0.2) is 73.3 Å². The number of benzene rings is 2. The number of nitrogens with zero attached hydrogens (tertiary/aromatic N) is 1. The molecule has 4 heteroatoms. The van der Waals surface area contributed by atoms with Crippen molar-refractivity contribution < 1.29 is 9.22 Å². The second kappa shape index (κ2) is 8.68. The number of rotatable bonds is 8. The van der Waals surface area contributed by atoms with Crippen molar-refractivity contribution >= 4 is 25.1 Å². The lowest BCUT2D eigenvalue weighted by molar-refractivity contribution is -0.122. The Hall–Kier alpha value is -2.17. The van der Waals surface area contributed by atoms with Crippen LogP contribution in [0.4, 0.5) is 0 Å². The second-order valence-electron chi connectivity index (χ2n) is 9.07. The highest BCUT2D eigenvalue weighted by atomic mass is 28.4. The molecule has 0 bridgehead atoms. The number of carbonyl (C=O) groups excluding carboxylic acids is 1. The molecule has 2 aromatic carbocycles. The third-order valence-corrected chi connectivity index (χ3v) is 11.3. The highest BCUT2D eigenvalue weighted by Gasteiger charge is 2.52. The molecule has 0 spiro atoms. The van der Waals surface area contributed by atoms with Gasteiger partial charge in [-0.2, -0.15) is 0 Å². The van der Waals surface area contributed by atoms with Crippen molar-refractivity contribution in [3.8, 4) is 0 Å². The van der Waals surface area contributed by atoms with E-state index in [1.54, 1.807) is 0 Å². The van der Waals surface area contributed by atoms with Gasteiger partial charge in [-0.15, -0.1) is 6.58 Å². The third-order valence-electron chi connectivity index (χ3n) is 6.28. The van der Waals surface area contributed by atoms with Crippen molar-refractivity contribution in [2.24, 2.45) is 0 Å². The average Bonchev–Trinajstić information content (AvgIpc) is 3.12. The molecule has 0 aliphatic carbocycles. The first-order valence-electron chi connectivity index (χ1n) is 10.5. The fourth-order valence-electron chi connectivity index (χ4n) is 4.83. The van der Waals surface area contributed by atoms with Crippen LogP contribution in [0.1, 0.15) is 40.0 Å². The van der Waals surface area contributed by atoms with E-state index in [0.29, 0.717) is 6.61 Å². The number of hydrogen-bond donors (Lipinski definition) is 0. The molecule has 0 radical (unpaired) electrons. The Morgan fingerprint density at radius 3 is 2.07 bits per heavy atom. The molecule has 1 aliphatic heterocycles. The lowest BCUT2D eigenvalue weighted by Crippen LogP contribution is -2.68. The van der Waals surface area contributed by atoms with E-state index in [1.165, 1.54) is 10.4 Å². The fraction of sp³-hybridized carbons (Fsp3) is 0.400. The van der Waals surface area contributed by atoms with Crippen LogP contribution < -0.4 is 10.4 Å². The largest absolute Gasteiger partial charge is 0.405 e. The molecule has 3 nitrogen and oxygen atoms in total. The lowest BCUT2D eigenvalue weighted by Gasteiger charge is -2.46. The molecule has 154 valence electrons. The number of likely N-dealkylation sites (tertiary alicyclic amines) is 1. The zero-order chi connectivity index (χ0) is 21.0. The van der Waals surface area contributed by atoms with Gasteiger partial charge in [-0.1, -0.05) is 87.5 Å². The summed E-state index contributed by atoms with van der Waals surface area (Å²) in [6.07, 6.45) is 5.64. The topological polar surface area (TPSA) is 29.5 Å². The van der Waals surface area contributed by atoms with E-state index in [9.17, 15) is 4.79 Å². The van der Waals surface area contributed by atoms with Crippen LogP contribution in [0.25, 0.3) is 0 Å². The van der Waals surface area contributed by atoms with Gasteiger partial charge in [0.15, 0.2) is 0 Å². The highest BCUT2D eigenvalue weighted by Crippen LogP contribution is 2.39. The van der Waals surface area contributed by atoms with Crippen molar-refractivity contribution in [1.82, 2.24) is 4.90 Å². The molecule has 0 unspecified atom stereocenters. The molecular weight excluding hydrogens is 374 g/mol. The minimum atomic E-state index is -2.61. The van der Waals surface area contributed by atoms with E-state index in [4.69, 9.17) is 4.43 Å². The molecule has 29 heavy (non-hydrogen) atoms. The van der Waals surface area contributed by atoms with Gasteiger partial charge in [-0.25, -0.2) is 0 Å². The molecule has 1 atom stereocenters. The first-order valence-corrected chi connectivity index (χ1v) is 12.4. The lowest BCUT2D eigenvalue weighted by atomic mass is 9.93. The van der Waals surface area contributed by atoms with Crippen molar-refractivity contribution in [2.45, 2.75) is 50.6 Å². The number of amides is 1. The van der Waals surface area contributed by atoms with Crippen LogP contribution in [0.3, 0.4) is 0 Å². The average molecular weight is 408 g/mol. The van der Waals surface area contributed by atoms with Crippen molar-refractivity contribution in [3.05, 3.63) is 73.3 Å². The van der Waals surface area contributed by atoms with Gasteiger partial charge in [0.05, 0.1) is 12.1 Å². The summed E-state index contributed by atoms with van der Waals surface area (Å²) in [5.41, 5.74) is -0.295. The van der Waals surface area contributed by atoms with Crippen LogP contribution in [0, 0.1) is 0 Å². The maximum absolute atomic E-state index is 11.8. The minimum Gasteiger partial charge on any atom is -0.405 e. The molecule has 1 aliphatic rings. The molecule has 1 fully saturated rings. The standard InChI is InChI=1S/C25H33NO2Si/c1-5-17-25(18-12-19-26(25)21-27)20-28-29(24(2,3)4,22-13-8-6-9-14-22)23-15-10-7-11-16-23/h5-11,13-16,21H,1,12,17-20H2,2-4H3/t25-/m0/s1. The van der Waals surface area contributed by atoms with Gasteiger partial charge < -0.3 is 9.33 Å². The number of hydrogen-bond acceptors (Lipinski definition) is 2. The number of carbonyl (C=O) groups is 1. The van der Waals surface area contributed by atoms with Crippen LogP contribution in [-0.2, 0) is 9.22 Å². The molecule has 0 aromatic heterocycles. The van der Waals surface area contributed by atoms with E-state index in [1.807, 2.05) is 11.0 Å². The van der Waals surface area contributed by atoms with Crippen molar-refractivity contribution in [1.29, 1.82) is 0 Å². The van der Waals surface area contributed by atoms with E-state index in [2.05, 4.69) is 88.0 Å². The maximum Gasteiger partial charge on any atom is 0.261 e. The van der Waals surface area contributed by atoms with Gasteiger partial charge in [-0.05, 0) is 34.7 Å². The van der Waals surface area contributed by atoms with E-state index >= 15 is 0 Å². The summed E-state index contributed by atoms with van der Waals surface area (Å²) >= 11 is 0. The van der Waals surface area contributed by atoms with Gasteiger partial charge >= 0.3 is 0 Å². The second-order valence-corrected chi connectivity index (χ2v) is 13.4. The molecule has 1 saturated heterocycles. The molecule has 3 rings (SSSR count). The summed E-state index contributed by atoms with van der Waals surface area (Å²) in [5.74, 6) is 0. The summed E-state index contributed by atoms with van der Waals surface area (Å²) in [6.45, 7) is 12.1. The third kappa shape index (κ3) is 3.96. The molecular formula is C25H33NO2Si. The Morgan fingerprint density at radius 1 is 1.07 bits per heavy atom. The van der Waals surface area contributed by atoms with Gasteiger partial charge in [0.25, 0.3) is 8.32 Å². The van der Waals surface area contributed by atoms with Crippen LogP contribution in [0.5, 0.6) is 0 Å². The highest BCUT2D eigenvalue weighted by molar-refractivity contribution is 6.99. The van der Waals surface area contributed by atoms with Crippen molar-refractivity contribution in [3.63, 3.8) is 0 Å². The first-order chi connectivity index (χ1) is 13.9. The zero-order valence-corrected chi connectivity index (χ0v) is 18.9. The summed E-state index contributed by atoms with van der Waals surface area (Å²) in [6, 6.07) is 21.3. The zero-order valence-electron chi connectivity index (χ0n) is 17.9. The smallest absolute Gasteiger partial charge is 0.261 e. The van der Waals surface area contributed by atoms with Crippen LogP contribution in [0.2, 0.25) is 5.04 Å².